The molecule has 0 bridgehead atoms. The SMILES string of the molecule is COC(=O)c1ccc([C@H]2Oc3ccc(Br)cc3[C@H]3CC(c4ccco4)=NN32)cc1. The Bertz CT molecular complexity index is 1090. The molecule has 0 saturated carbocycles. The largest absolute Gasteiger partial charge is 0.465 e. The fourth-order valence-electron chi connectivity index (χ4n) is 3.77. The highest BCUT2D eigenvalue weighted by Gasteiger charge is 2.41. The van der Waals surface area contributed by atoms with Crippen molar-refractivity contribution >= 4 is 27.6 Å². The molecule has 5 rings (SSSR count). The number of furan rings is 1. The summed E-state index contributed by atoms with van der Waals surface area (Å²) in [6.07, 6.45) is 1.96. The Kier molecular flexibility index (Phi) is 4.39. The number of methoxy groups -OCH3 is 1. The zero-order valence-electron chi connectivity index (χ0n) is 15.5. The lowest BCUT2D eigenvalue weighted by atomic mass is 9.97. The van der Waals surface area contributed by atoms with E-state index in [1.807, 2.05) is 41.4 Å². The average Bonchev–Trinajstić information content (AvgIpc) is 3.43. The van der Waals surface area contributed by atoms with Crippen LogP contribution in [-0.4, -0.2) is 23.8 Å². The number of carbonyl (C=O) groups excluding carboxylic acids is 1. The van der Waals surface area contributed by atoms with E-state index in [0.29, 0.717) is 5.56 Å². The van der Waals surface area contributed by atoms with Crippen molar-refractivity contribution in [3.05, 3.63) is 87.8 Å². The minimum atomic E-state index is -0.409. The molecule has 0 aliphatic carbocycles. The molecule has 3 heterocycles. The third kappa shape index (κ3) is 3.11. The van der Waals surface area contributed by atoms with E-state index < -0.39 is 6.23 Å². The zero-order chi connectivity index (χ0) is 20.0. The quantitative estimate of drug-likeness (QED) is 0.518. The predicted molar refractivity (Wildman–Crippen MR) is 110 cm³/mol. The van der Waals surface area contributed by atoms with E-state index in [-0.39, 0.29) is 12.0 Å². The Morgan fingerprint density at radius 3 is 2.76 bits per heavy atom. The van der Waals surface area contributed by atoms with E-state index in [4.69, 9.17) is 19.0 Å². The summed E-state index contributed by atoms with van der Waals surface area (Å²) >= 11 is 3.56. The van der Waals surface area contributed by atoms with Gasteiger partial charge < -0.3 is 13.9 Å². The first-order valence-corrected chi connectivity index (χ1v) is 9.97. The zero-order valence-corrected chi connectivity index (χ0v) is 17.1. The molecule has 0 unspecified atom stereocenters. The highest BCUT2D eigenvalue weighted by Crippen LogP contribution is 2.48. The summed E-state index contributed by atoms with van der Waals surface area (Å²) in [4.78, 5) is 11.8. The molecule has 3 aromatic rings. The molecule has 2 aliphatic rings. The molecule has 2 aromatic carbocycles. The number of benzene rings is 2. The molecule has 7 heteroatoms. The van der Waals surface area contributed by atoms with Crippen LogP contribution in [-0.2, 0) is 4.74 Å². The van der Waals surface area contributed by atoms with Crippen molar-refractivity contribution in [1.29, 1.82) is 0 Å². The van der Waals surface area contributed by atoms with Crippen LogP contribution in [0.25, 0.3) is 0 Å². The van der Waals surface area contributed by atoms with E-state index in [9.17, 15) is 4.79 Å². The van der Waals surface area contributed by atoms with Gasteiger partial charge in [-0.05, 0) is 42.5 Å². The van der Waals surface area contributed by atoms with Gasteiger partial charge in [-0.3, -0.25) is 0 Å². The van der Waals surface area contributed by atoms with Crippen molar-refractivity contribution in [3.63, 3.8) is 0 Å². The Hall–Kier alpha value is -3.06. The molecule has 0 spiro atoms. The fourth-order valence-corrected chi connectivity index (χ4v) is 4.15. The lowest BCUT2D eigenvalue weighted by Crippen LogP contribution is -2.33. The summed E-state index contributed by atoms with van der Waals surface area (Å²) in [6.45, 7) is 0. The number of fused-ring (bicyclic) bond motifs is 3. The molecule has 2 aliphatic heterocycles. The third-order valence-corrected chi connectivity index (χ3v) is 5.67. The smallest absolute Gasteiger partial charge is 0.337 e. The Balaban J connectivity index is 1.56. The highest BCUT2D eigenvalue weighted by molar-refractivity contribution is 9.10. The van der Waals surface area contributed by atoms with Crippen LogP contribution in [0.3, 0.4) is 0 Å². The van der Waals surface area contributed by atoms with Crippen LogP contribution in [0.2, 0.25) is 0 Å². The second-order valence-corrected chi connectivity index (χ2v) is 7.81. The van der Waals surface area contributed by atoms with Crippen LogP contribution >= 0.6 is 15.9 Å². The Morgan fingerprint density at radius 1 is 1.21 bits per heavy atom. The number of rotatable bonds is 3. The molecule has 0 amide bonds. The molecular weight excluding hydrogens is 436 g/mol. The lowest BCUT2D eigenvalue weighted by Gasteiger charge is -2.38. The third-order valence-electron chi connectivity index (χ3n) is 5.17. The maximum absolute atomic E-state index is 11.8. The van der Waals surface area contributed by atoms with Crippen LogP contribution in [0.15, 0.2) is 74.9 Å². The Labute approximate surface area is 175 Å². The number of hydrogen-bond donors (Lipinski definition) is 0. The second-order valence-electron chi connectivity index (χ2n) is 6.89. The summed E-state index contributed by atoms with van der Waals surface area (Å²) < 4.78 is 17.7. The first-order valence-electron chi connectivity index (χ1n) is 9.18. The van der Waals surface area contributed by atoms with E-state index in [1.165, 1.54) is 7.11 Å². The maximum Gasteiger partial charge on any atom is 0.337 e. The van der Waals surface area contributed by atoms with Crippen molar-refractivity contribution in [2.75, 3.05) is 7.11 Å². The standard InChI is InChI=1S/C22H17BrN2O4/c1-27-22(26)14-6-4-13(5-7-14)21-25-18(12-17(24-25)20-3-2-10-28-20)16-11-15(23)8-9-19(16)29-21/h2-11,18,21H,12H2,1H3/t18-,21-/m1/s1. The van der Waals surface area contributed by atoms with Gasteiger partial charge in [0.2, 0.25) is 6.23 Å². The normalized spacial score (nSPS) is 19.8. The Morgan fingerprint density at radius 2 is 2.03 bits per heavy atom. The van der Waals surface area contributed by atoms with Crippen molar-refractivity contribution in [2.45, 2.75) is 18.7 Å². The molecular formula is C22H17BrN2O4. The minimum Gasteiger partial charge on any atom is -0.465 e. The van der Waals surface area contributed by atoms with Crippen molar-refractivity contribution in [1.82, 2.24) is 5.01 Å². The minimum absolute atomic E-state index is 0.0293. The summed E-state index contributed by atoms with van der Waals surface area (Å²) in [5.41, 5.74) is 3.36. The van der Waals surface area contributed by atoms with Gasteiger partial charge in [0.15, 0.2) is 0 Å². The summed E-state index contributed by atoms with van der Waals surface area (Å²) in [5.74, 6) is 1.22. The van der Waals surface area contributed by atoms with E-state index in [1.54, 1.807) is 18.4 Å². The molecule has 29 heavy (non-hydrogen) atoms. The van der Waals surface area contributed by atoms with Crippen molar-refractivity contribution < 1.29 is 18.7 Å². The lowest BCUT2D eigenvalue weighted by molar-refractivity contribution is -0.0191. The number of hydrogen-bond acceptors (Lipinski definition) is 6. The molecule has 2 atom stereocenters. The summed E-state index contributed by atoms with van der Waals surface area (Å²) in [7, 11) is 1.37. The number of esters is 1. The van der Waals surface area contributed by atoms with Gasteiger partial charge in [0.05, 0.1) is 25.0 Å². The van der Waals surface area contributed by atoms with E-state index in [0.717, 1.165) is 39.2 Å². The van der Waals surface area contributed by atoms with Crippen LogP contribution in [0.1, 0.15) is 45.9 Å². The number of hydrazone groups is 1. The van der Waals surface area contributed by atoms with Gasteiger partial charge in [-0.1, -0.05) is 28.1 Å². The van der Waals surface area contributed by atoms with Crippen LogP contribution in [0.4, 0.5) is 0 Å². The monoisotopic (exact) mass is 452 g/mol. The van der Waals surface area contributed by atoms with Gasteiger partial charge in [-0.2, -0.15) is 5.10 Å². The number of halogens is 1. The van der Waals surface area contributed by atoms with Crippen molar-refractivity contribution in [2.24, 2.45) is 5.10 Å². The second kappa shape index (κ2) is 7.08. The first-order chi connectivity index (χ1) is 14.1. The van der Waals surface area contributed by atoms with Gasteiger partial charge in [-0.15, -0.1) is 0 Å². The predicted octanol–water partition coefficient (Wildman–Crippen LogP) is 5.07. The molecule has 0 saturated heterocycles. The fraction of sp³-hybridized carbons (Fsp3) is 0.182. The van der Waals surface area contributed by atoms with Crippen LogP contribution in [0.5, 0.6) is 5.75 Å². The molecule has 0 fully saturated rings. The molecule has 0 N–H and O–H groups in total. The maximum atomic E-state index is 11.8. The van der Waals surface area contributed by atoms with Gasteiger partial charge in [0.1, 0.15) is 17.2 Å². The van der Waals surface area contributed by atoms with Crippen LogP contribution < -0.4 is 4.74 Å². The highest BCUT2D eigenvalue weighted by atomic mass is 79.9. The first kappa shape index (κ1) is 18.0. The average molecular weight is 453 g/mol. The molecule has 1 aromatic heterocycles. The summed E-state index contributed by atoms with van der Waals surface area (Å²) in [6, 6.07) is 17.0. The molecule has 6 nitrogen and oxygen atoms in total. The van der Waals surface area contributed by atoms with Gasteiger partial charge >= 0.3 is 5.97 Å². The molecule has 146 valence electrons. The van der Waals surface area contributed by atoms with E-state index in [2.05, 4.69) is 22.0 Å². The number of ether oxygens (including phenoxy) is 2. The molecule has 0 radical (unpaired) electrons. The van der Waals surface area contributed by atoms with Gasteiger partial charge in [0, 0.05) is 22.0 Å². The van der Waals surface area contributed by atoms with Crippen LogP contribution in [0, 0.1) is 0 Å². The van der Waals surface area contributed by atoms with Crippen molar-refractivity contribution in [3.8, 4) is 5.75 Å². The van der Waals surface area contributed by atoms with E-state index >= 15 is 0 Å². The summed E-state index contributed by atoms with van der Waals surface area (Å²) in [5, 5.41) is 6.81. The van der Waals surface area contributed by atoms with Gasteiger partial charge in [-0.25, -0.2) is 9.80 Å². The number of carbonyl (C=O) groups is 1. The van der Waals surface area contributed by atoms with Gasteiger partial charge in [0.25, 0.3) is 0 Å². The number of nitrogens with zero attached hydrogens (tertiary/aromatic N) is 2. The topological polar surface area (TPSA) is 64.3 Å².